The zero-order valence-corrected chi connectivity index (χ0v) is 23.9. The van der Waals surface area contributed by atoms with E-state index in [-0.39, 0.29) is 12.4 Å². The molecule has 0 atom stereocenters. The molecule has 0 N–H and O–H groups in total. The summed E-state index contributed by atoms with van der Waals surface area (Å²) in [5, 5.41) is 0. The predicted octanol–water partition coefficient (Wildman–Crippen LogP) is 1.92. The third-order valence-electron chi connectivity index (χ3n) is 4.12. The number of ether oxygens (including phenoxy) is 9. The predicted molar refractivity (Wildman–Crippen MR) is 137 cm³/mol. The number of rotatable bonds is 29. The van der Waals surface area contributed by atoms with Gasteiger partial charge in [-0.25, -0.2) is 0 Å². The highest BCUT2D eigenvalue weighted by atomic mass is 28.4. The summed E-state index contributed by atoms with van der Waals surface area (Å²) in [5.74, 6) is -0.247. The molecule has 11 nitrogen and oxygen atoms in total. The number of carbonyl (C=O) groups excluding carboxylic acids is 1. The first kappa shape index (κ1) is 35.3. The quantitative estimate of drug-likeness (QED) is 0.0785. The zero-order valence-electron chi connectivity index (χ0n) is 22.9. The lowest BCUT2D eigenvalue weighted by molar-refractivity contribution is -0.144. The molecule has 0 unspecified atom stereocenters. The molecule has 0 aromatic heterocycles. The summed E-state index contributed by atoms with van der Waals surface area (Å²) in [6, 6.07) is 0. The Balaban J connectivity index is 3.07. The van der Waals surface area contributed by atoms with Gasteiger partial charge in [-0.2, -0.15) is 0 Å². The third kappa shape index (κ3) is 31.4. The van der Waals surface area contributed by atoms with Crippen molar-refractivity contribution in [1.29, 1.82) is 0 Å². The molecular formula is C24H50O11Si. The van der Waals surface area contributed by atoms with E-state index >= 15 is 0 Å². The van der Waals surface area contributed by atoms with E-state index in [0.717, 1.165) is 0 Å². The van der Waals surface area contributed by atoms with Crippen LogP contribution in [0.4, 0.5) is 0 Å². The Labute approximate surface area is 218 Å². The summed E-state index contributed by atoms with van der Waals surface area (Å²) in [7, 11) is -1.45. The van der Waals surface area contributed by atoms with Crippen molar-refractivity contribution in [2.45, 2.75) is 33.0 Å². The van der Waals surface area contributed by atoms with Gasteiger partial charge < -0.3 is 47.1 Å². The van der Waals surface area contributed by atoms with Crippen LogP contribution in [0.15, 0.2) is 0 Å². The molecule has 0 aliphatic heterocycles. The topological polar surface area (TPSA) is 109 Å². The van der Waals surface area contributed by atoms with Gasteiger partial charge in [-0.15, -0.1) is 0 Å². The van der Waals surface area contributed by atoms with Gasteiger partial charge in [0.25, 0.3) is 0 Å². The summed E-state index contributed by atoms with van der Waals surface area (Å²) in [6.07, 6.45) is 0.262. The van der Waals surface area contributed by atoms with Crippen molar-refractivity contribution < 1.29 is 51.9 Å². The molecule has 0 aromatic carbocycles. The highest BCUT2D eigenvalue weighted by molar-refractivity contribution is 6.69. The standard InChI is InChI=1S/C24H50O11Si/c1-5-34-24(25)6-7-26-8-9-27-10-11-28-12-13-29-14-15-30-16-17-31-18-19-32-20-21-33-22-23-35-36(2,3)4/h5-23H2,1-4H3. The summed E-state index contributed by atoms with van der Waals surface area (Å²) in [4.78, 5) is 11.1. The van der Waals surface area contributed by atoms with Crippen molar-refractivity contribution in [2.75, 3.05) is 119 Å². The SMILES string of the molecule is CCOC(=O)CCOCCOCCOCCOCCOCCOCCOCCOCCO[Si](C)(C)C. The van der Waals surface area contributed by atoms with Crippen LogP contribution in [-0.2, 0) is 51.9 Å². The van der Waals surface area contributed by atoms with Crippen molar-refractivity contribution in [3.05, 3.63) is 0 Å². The molecule has 0 amide bonds. The number of hydrogen-bond donors (Lipinski definition) is 0. The van der Waals surface area contributed by atoms with Crippen LogP contribution in [0.3, 0.4) is 0 Å². The fourth-order valence-electron chi connectivity index (χ4n) is 2.44. The maximum Gasteiger partial charge on any atom is 0.308 e. The second-order valence-electron chi connectivity index (χ2n) is 8.41. The minimum Gasteiger partial charge on any atom is -0.466 e. The van der Waals surface area contributed by atoms with Crippen LogP contribution in [0.2, 0.25) is 19.6 Å². The van der Waals surface area contributed by atoms with Gasteiger partial charge in [-0.05, 0) is 26.6 Å². The third-order valence-corrected chi connectivity index (χ3v) is 5.19. The zero-order chi connectivity index (χ0) is 26.6. The molecule has 0 saturated heterocycles. The Morgan fingerprint density at radius 2 is 0.750 bits per heavy atom. The summed E-state index contributed by atoms with van der Waals surface area (Å²) < 4.78 is 53.8. The highest BCUT2D eigenvalue weighted by Crippen LogP contribution is 2.01. The van der Waals surface area contributed by atoms with Gasteiger partial charge >= 0.3 is 5.97 Å². The first-order valence-electron chi connectivity index (χ1n) is 12.9. The van der Waals surface area contributed by atoms with Gasteiger partial charge in [0.2, 0.25) is 0 Å². The van der Waals surface area contributed by atoms with E-state index in [9.17, 15) is 4.79 Å². The van der Waals surface area contributed by atoms with E-state index in [0.29, 0.717) is 119 Å². The lowest BCUT2D eigenvalue weighted by atomic mass is 10.5. The van der Waals surface area contributed by atoms with E-state index in [1.807, 2.05) is 0 Å². The number of hydrogen-bond acceptors (Lipinski definition) is 11. The maximum atomic E-state index is 11.1. The molecule has 0 fully saturated rings. The van der Waals surface area contributed by atoms with Crippen LogP contribution in [0.25, 0.3) is 0 Å². The van der Waals surface area contributed by atoms with E-state index in [1.54, 1.807) is 6.92 Å². The number of esters is 1. The van der Waals surface area contributed by atoms with Gasteiger partial charge in [-0.3, -0.25) is 4.79 Å². The molecule has 0 aromatic rings. The summed E-state index contributed by atoms with van der Waals surface area (Å²) in [6.45, 7) is 17.3. The molecule has 0 spiro atoms. The fraction of sp³-hybridized carbons (Fsp3) is 0.958. The molecule has 12 heteroatoms. The molecular weight excluding hydrogens is 492 g/mol. The minimum absolute atomic E-state index is 0.247. The van der Waals surface area contributed by atoms with Crippen LogP contribution >= 0.6 is 0 Å². The average molecular weight is 543 g/mol. The first-order valence-corrected chi connectivity index (χ1v) is 16.3. The van der Waals surface area contributed by atoms with Gasteiger partial charge in [-0.1, -0.05) is 0 Å². The fourth-order valence-corrected chi connectivity index (χ4v) is 3.13. The molecule has 0 radical (unpaired) electrons. The second kappa shape index (κ2) is 27.4. The van der Waals surface area contributed by atoms with Gasteiger partial charge in [0, 0.05) is 0 Å². The molecule has 0 aliphatic rings. The van der Waals surface area contributed by atoms with E-state index in [4.69, 9.17) is 47.1 Å². The van der Waals surface area contributed by atoms with Gasteiger partial charge in [0.15, 0.2) is 8.32 Å². The molecule has 0 aliphatic carbocycles. The van der Waals surface area contributed by atoms with Crippen LogP contribution in [0.5, 0.6) is 0 Å². The Kier molecular flexibility index (Phi) is 26.9. The van der Waals surface area contributed by atoms with E-state index in [2.05, 4.69) is 19.6 Å². The van der Waals surface area contributed by atoms with Crippen molar-refractivity contribution in [1.82, 2.24) is 0 Å². The molecule has 0 saturated carbocycles. The number of carbonyl (C=O) groups is 1. The summed E-state index contributed by atoms with van der Waals surface area (Å²) >= 11 is 0. The van der Waals surface area contributed by atoms with Crippen LogP contribution < -0.4 is 0 Å². The van der Waals surface area contributed by atoms with E-state index in [1.165, 1.54) is 0 Å². The normalized spacial score (nSPS) is 11.8. The van der Waals surface area contributed by atoms with Crippen LogP contribution in [-0.4, -0.2) is 133 Å². The molecule has 0 rings (SSSR count). The molecule has 0 heterocycles. The second-order valence-corrected chi connectivity index (χ2v) is 12.9. The van der Waals surface area contributed by atoms with Crippen molar-refractivity contribution in [3.8, 4) is 0 Å². The van der Waals surface area contributed by atoms with Crippen molar-refractivity contribution in [2.24, 2.45) is 0 Å². The minimum atomic E-state index is -1.45. The van der Waals surface area contributed by atoms with Crippen molar-refractivity contribution in [3.63, 3.8) is 0 Å². The molecule has 216 valence electrons. The van der Waals surface area contributed by atoms with Gasteiger partial charge in [0.1, 0.15) is 0 Å². The lowest BCUT2D eigenvalue weighted by Crippen LogP contribution is -2.27. The molecule has 36 heavy (non-hydrogen) atoms. The average Bonchev–Trinajstić information content (AvgIpc) is 2.83. The maximum absolute atomic E-state index is 11.1. The largest absolute Gasteiger partial charge is 0.466 e. The van der Waals surface area contributed by atoms with E-state index < -0.39 is 8.32 Å². The van der Waals surface area contributed by atoms with Crippen molar-refractivity contribution >= 4 is 14.3 Å². The van der Waals surface area contributed by atoms with Gasteiger partial charge in [0.05, 0.1) is 125 Å². The smallest absolute Gasteiger partial charge is 0.308 e. The monoisotopic (exact) mass is 542 g/mol. The Hall–Kier alpha value is -0.673. The highest BCUT2D eigenvalue weighted by Gasteiger charge is 2.13. The van der Waals surface area contributed by atoms with Crippen LogP contribution in [0.1, 0.15) is 13.3 Å². The lowest BCUT2D eigenvalue weighted by Gasteiger charge is -2.16. The Morgan fingerprint density at radius 3 is 1.03 bits per heavy atom. The summed E-state index contributed by atoms with van der Waals surface area (Å²) in [5.41, 5.74) is 0. The Morgan fingerprint density at radius 1 is 0.472 bits per heavy atom. The Bertz CT molecular complexity index is 464. The molecule has 0 bridgehead atoms. The first-order chi connectivity index (χ1) is 17.5. The van der Waals surface area contributed by atoms with Crippen LogP contribution in [0, 0.1) is 0 Å².